The molecule has 0 amide bonds. The van der Waals surface area contributed by atoms with Crippen LogP contribution in [0.3, 0.4) is 0 Å². The molecule has 0 spiro atoms. The van der Waals surface area contributed by atoms with Crippen molar-refractivity contribution in [2.75, 3.05) is 0 Å². The van der Waals surface area contributed by atoms with Crippen molar-refractivity contribution in [3.8, 4) is 5.75 Å². The summed E-state index contributed by atoms with van der Waals surface area (Å²) in [5, 5.41) is 0. The van der Waals surface area contributed by atoms with Crippen molar-refractivity contribution in [1.29, 1.82) is 0 Å². The van der Waals surface area contributed by atoms with E-state index in [0.717, 1.165) is 29.7 Å². The van der Waals surface area contributed by atoms with E-state index in [9.17, 15) is 22.0 Å². The first kappa shape index (κ1) is 20.8. The van der Waals surface area contributed by atoms with E-state index in [1.54, 1.807) is 24.3 Å². The van der Waals surface area contributed by atoms with E-state index in [-0.39, 0.29) is 17.7 Å². The molecule has 152 valence electrons. The SMILES string of the molecule is CCc1ccc(C(F)(F)Oc2ccc(CCc3cc(F)c(F)c(F)c3)cc2)cc1. The lowest BCUT2D eigenvalue weighted by Gasteiger charge is -2.18. The van der Waals surface area contributed by atoms with Gasteiger partial charge in [0.15, 0.2) is 17.5 Å². The fourth-order valence-corrected chi connectivity index (χ4v) is 2.91. The normalized spacial score (nSPS) is 11.5. The van der Waals surface area contributed by atoms with Gasteiger partial charge in [0.05, 0.1) is 5.56 Å². The van der Waals surface area contributed by atoms with Gasteiger partial charge in [0, 0.05) is 0 Å². The number of hydrogen-bond donors (Lipinski definition) is 0. The highest BCUT2D eigenvalue weighted by molar-refractivity contribution is 5.31. The van der Waals surface area contributed by atoms with Crippen LogP contribution < -0.4 is 4.74 Å². The summed E-state index contributed by atoms with van der Waals surface area (Å²) in [4.78, 5) is 0. The van der Waals surface area contributed by atoms with Gasteiger partial charge < -0.3 is 4.74 Å². The summed E-state index contributed by atoms with van der Waals surface area (Å²) < 4.78 is 73.0. The quantitative estimate of drug-likeness (QED) is 0.318. The molecule has 29 heavy (non-hydrogen) atoms. The highest BCUT2D eigenvalue weighted by Gasteiger charge is 2.34. The van der Waals surface area contributed by atoms with Crippen molar-refractivity contribution in [2.45, 2.75) is 32.3 Å². The molecule has 0 heterocycles. The molecule has 0 bridgehead atoms. The van der Waals surface area contributed by atoms with Gasteiger partial charge in [-0.2, -0.15) is 8.78 Å². The fourth-order valence-electron chi connectivity index (χ4n) is 2.91. The Bertz CT molecular complexity index is 943. The first-order valence-corrected chi connectivity index (χ1v) is 9.17. The lowest BCUT2D eigenvalue weighted by molar-refractivity contribution is -0.185. The van der Waals surface area contributed by atoms with Crippen LogP contribution in [-0.2, 0) is 25.4 Å². The Hall–Kier alpha value is -2.89. The highest BCUT2D eigenvalue weighted by Crippen LogP contribution is 2.32. The second kappa shape index (κ2) is 8.64. The number of rotatable bonds is 7. The van der Waals surface area contributed by atoms with E-state index >= 15 is 0 Å². The highest BCUT2D eigenvalue weighted by atomic mass is 19.3. The minimum Gasteiger partial charge on any atom is -0.429 e. The summed E-state index contributed by atoms with van der Waals surface area (Å²) >= 11 is 0. The Morgan fingerprint density at radius 3 is 1.79 bits per heavy atom. The van der Waals surface area contributed by atoms with Crippen LogP contribution in [0.25, 0.3) is 0 Å². The third-order valence-corrected chi connectivity index (χ3v) is 4.61. The zero-order chi connectivity index (χ0) is 21.0. The molecule has 1 nitrogen and oxygen atoms in total. The number of hydrogen-bond acceptors (Lipinski definition) is 1. The van der Waals surface area contributed by atoms with Gasteiger partial charge in [-0.15, -0.1) is 0 Å². The van der Waals surface area contributed by atoms with Crippen LogP contribution in [-0.4, -0.2) is 0 Å². The Kier molecular flexibility index (Phi) is 6.20. The molecule has 0 saturated heterocycles. The topological polar surface area (TPSA) is 9.23 Å². The number of aryl methyl sites for hydroxylation is 3. The maximum atomic E-state index is 14.3. The average molecular weight is 406 g/mol. The van der Waals surface area contributed by atoms with E-state index in [4.69, 9.17) is 4.74 Å². The Balaban J connectivity index is 1.63. The monoisotopic (exact) mass is 406 g/mol. The molecule has 0 N–H and O–H groups in total. The van der Waals surface area contributed by atoms with Crippen molar-refractivity contribution in [3.05, 3.63) is 100 Å². The number of ether oxygens (including phenoxy) is 1. The van der Waals surface area contributed by atoms with Gasteiger partial charge in [-0.05, 0) is 72.4 Å². The maximum absolute atomic E-state index is 14.3. The van der Waals surface area contributed by atoms with E-state index in [1.165, 1.54) is 24.3 Å². The van der Waals surface area contributed by atoms with Crippen LogP contribution >= 0.6 is 0 Å². The third kappa shape index (κ3) is 5.13. The van der Waals surface area contributed by atoms with Gasteiger partial charge >= 0.3 is 6.11 Å². The molecule has 0 radical (unpaired) electrons. The van der Waals surface area contributed by atoms with Gasteiger partial charge in [-0.25, -0.2) is 13.2 Å². The Morgan fingerprint density at radius 1 is 0.724 bits per heavy atom. The molecule has 3 aromatic carbocycles. The van der Waals surface area contributed by atoms with E-state index in [2.05, 4.69) is 0 Å². The molecule has 0 unspecified atom stereocenters. The Labute approximate surface area is 165 Å². The van der Waals surface area contributed by atoms with Crippen molar-refractivity contribution in [2.24, 2.45) is 0 Å². The van der Waals surface area contributed by atoms with Crippen molar-refractivity contribution in [3.63, 3.8) is 0 Å². The molecule has 0 saturated carbocycles. The van der Waals surface area contributed by atoms with Gasteiger partial charge in [0.25, 0.3) is 0 Å². The number of halogens is 5. The summed E-state index contributed by atoms with van der Waals surface area (Å²) in [6.07, 6.45) is -2.05. The molecule has 0 aromatic heterocycles. The predicted octanol–water partition coefficient (Wildman–Crippen LogP) is 6.58. The summed E-state index contributed by atoms with van der Waals surface area (Å²) in [5.41, 5.74) is 1.79. The smallest absolute Gasteiger partial charge is 0.426 e. The van der Waals surface area contributed by atoms with Gasteiger partial charge in [0.2, 0.25) is 0 Å². The minimum absolute atomic E-state index is 0.00260. The van der Waals surface area contributed by atoms with Crippen molar-refractivity contribution in [1.82, 2.24) is 0 Å². The lowest BCUT2D eigenvalue weighted by atomic mass is 10.0. The summed E-state index contributed by atoms with van der Waals surface area (Å²) in [5.74, 6) is -3.98. The molecule has 0 aliphatic heterocycles. The number of alkyl halides is 2. The molecule has 0 aliphatic carbocycles. The summed E-state index contributed by atoms with van der Waals surface area (Å²) in [6, 6.07) is 13.9. The van der Waals surface area contributed by atoms with Crippen molar-refractivity contribution >= 4 is 0 Å². The van der Waals surface area contributed by atoms with Gasteiger partial charge in [-0.1, -0.05) is 31.2 Å². The van der Waals surface area contributed by atoms with Crippen LogP contribution in [0.1, 0.15) is 29.2 Å². The van der Waals surface area contributed by atoms with Crippen LogP contribution in [0.5, 0.6) is 5.75 Å². The molecular weight excluding hydrogens is 387 g/mol. The second-order valence-electron chi connectivity index (χ2n) is 6.69. The first-order valence-electron chi connectivity index (χ1n) is 9.17. The maximum Gasteiger partial charge on any atom is 0.426 e. The summed E-state index contributed by atoms with van der Waals surface area (Å²) in [6.45, 7) is 1.94. The van der Waals surface area contributed by atoms with Gasteiger partial charge in [-0.3, -0.25) is 0 Å². The lowest BCUT2D eigenvalue weighted by Crippen LogP contribution is -2.21. The Morgan fingerprint density at radius 2 is 1.24 bits per heavy atom. The molecule has 0 fully saturated rings. The van der Waals surface area contributed by atoms with E-state index in [0.29, 0.717) is 12.0 Å². The van der Waals surface area contributed by atoms with Gasteiger partial charge in [0.1, 0.15) is 5.75 Å². The molecule has 3 aromatic rings. The fraction of sp³-hybridized carbons (Fsp3) is 0.217. The third-order valence-electron chi connectivity index (χ3n) is 4.61. The zero-order valence-corrected chi connectivity index (χ0v) is 15.7. The van der Waals surface area contributed by atoms with Crippen LogP contribution in [0, 0.1) is 17.5 Å². The molecule has 6 heteroatoms. The average Bonchev–Trinajstić information content (AvgIpc) is 2.71. The molecular formula is C23H19F5O. The molecule has 0 aliphatic rings. The minimum atomic E-state index is -3.48. The van der Waals surface area contributed by atoms with E-state index < -0.39 is 23.6 Å². The predicted molar refractivity (Wildman–Crippen MR) is 101 cm³/mol. The van der Waals surface area contributed by atoms with Crippen molar-refractivity contribution < 1.29 is 26.7 Å². The van der Waals surface area contributed by atoms with Crippen LogP contribution in [0.15, 0.2) is 60.7 Å². The van der Waals surface area contributed by atoms with E-state index in [1.807, 2.05) is 6.92 Å². The molecule has 0 atom stereocenters. The standard InChI is InChI=1S/C23H19F5O/c1-2-15-5-9-18(10-6-15)23(27,28)29-19-11-7-16(8-12-19)3-4-17-13-20(24)22(26)21(25)14-17/h5-14H,2-4H2,1H3. The summed E-state index contributed by atoms with van der Waals surface area (Å²) in [7, 11) is 0. The van der Waals surface area contributed by atoms with Crippen LogP contribution in [0.4, 0.5) is 22.0 Å². The first-order chi connectivity index (χ1) is 13.8. The largest absolute Gasteiger partial charge is 0.429 e. The van der Waals surface area contributed by atoms with Crippen LogP contribution in [0.2, 0.25) is 0 Å². The second-order valence-corrected chi connectivity index (χ2v) is 6.69. The molecule has 3 rings (SSSR count). The zero-order valence-electron chi connectivity index (χ0n) is 15.7. The number of benzene rings is 3.